The van der Waals surface area contributed by atoms with E-state index >= 15 is 0 Å². The van der Waals surface area contributed by atoms with E-state index in [1.807, 2.05) is 6.92 Å². The fourth-order valence-corrected chi connectivity index (χ4v) is 1.91. The fraction of sp³-hybridized carbons (Fsp3) is 0.0909. The Hall–Kier alpha value is -0.540. The van der Waals surface area contributed by atoms with Gasteiger partial charge in [-0.05, 0) is 36.8 Å². The van der Waals surface area contributed by atoms with Gasteiger partial charge in [-0.3, -0.25) is 0 Å². The minimum atomic E-state index is 0.428. The summed E-state index contributed by atoms with van der Waals surface area (Å²) in [6, 6.07) is 8.61. The van der Waals surface area contributed by atoms with Crippen molar-refractivity contribution in [2.75, 3.05) is 0 Å². The molecule has 90 valence electrons. The molecule has 0 atom stereocenters. The maximum atomic E-state index is 5.55. The van der Waals surface area contributed by atoms with Crippen LogP contribution in [0.5, 0.6) is 0 Å². The van der Waals surface area contributed by atoms with Crippen LogP contribution in [0.2, 0.25) is 20.6 Å². The largest absolute Gasteiger partial charge is 0.224 e. The molecule has 0 aliphatic rings. The van der Waals surface area contributed by atoms with Crippen LogP contribution in [0.4, 0.5) is 0 Å². The molecule has 0 amide bonds. The summed E-state index contributed by atoms with van der Waals surface area (Å²) in [4.78, 5) is 7.47. The second-order valence-electron chi connectivity index (χ2n) is 3.07. The lowest BCUT2D eigenvalue weighted by molar-refractivity contribution is 1.29. The summed E-state index contributed by atoms with van der Waals surface area (Å²) in [5.41, 5.74) is 1.03. The van der Waals surface area contributed by atoms with Crippen LogP contribution in [0.15, 0.2) is 30.3 Å². The van der Waals surface area contributed by atoms with Crippen LogP contribution < -0.4 is 0 Å². The van der Waals surface area contributed by atoms with E-state index in [1.165, 1.54) is 0 Å². The van der Waals surface area contributed by atoms with Gasteiger partial charge in [0, 0.05) is 0 Å². The van der Waals surface area contributed by atoms with E-state index in [0.717, 1.165) is 5.56 Å². The Kier molecular flexibility index (Phi) is 6.00. The minimum absolute atomic E-state index is 0.428. The van der Waals surface area contributed by atoms with Gasteiger partial charge < -0.3 is 0 Å². The van der Waals surface area contributed by atoms with Crippen LogP contribution in [0.25, 0.3) is 0 Å². The predicted molar refractivity (Wildman–Crippen MR) is 73.3 cm³/mol. The molecule has 2 nitrogen and oxygen atoms in total. The van der Waals surface area contributed by atoms with Crippen LogP contribution in [-0.2, 0) is 0 Å². The Bertz CT molecular complexity index is 435. The first-order valence-electron chi connectivity index (χ1n) is 4.55. The summed E-state index contributed by atoms with van der Waals surface area (Å²) in [5.74, 6) is 0. The van der Waals surface area contributed by atoms with Crippen molar-refractivity contribution < 1.29 is 0 Å². The summed E-state index contributed by atoms with van der Waals surface area (Å²) >= 11 is 22.0. The first-order chi connectivity index (χ1) is 7.97. The third-order valence-electron chi connectivity index (χ3n) is 1.59. The smallest absolute Gasteiger partial charge is 0.131 e. The van der Waals surface area contributed by atoms with Gasteiger partial charge in [0.15, 0.2) is 0 Å². The molecule has 0 aliphatic heterocycles. The summed E-state index contributed by atoms with van der Waals surface area (Å²) in [6.07, 6.45) is 0. The topological polar surface area (TPSA) is 25.8 Å². The van der Waals surface area contributed by atoms with E-state index in [4.69, 9.17) is 46.4 Å². The van der Waals surface area contributed by atoms with E-state index in [1.54, 1.807) is 30.3 Å². The molecule has 2 aromatic rings. The molecule has 0 unspecified atom stereocenters. The molecule has 0 radical (unpaired) electrons. The maximum absolute atomic E-state index is 5.55. The molecule has 6 heteroatoms. The third kappa shape index (κ3) is 6.08. The van der Waals surface area contributed by atoms with Gasteiger partial charge in [0.25, 0.3) is 0 Å². The van der Waals surface area contributed by atoms with E-state index in [9.17, 15) is 0 Å². The normalized spacial score (nSPS) is 9.47. The average molecular weight is 310 g/mol. The molecule has 0 bridgehead atoms. The van der Waals surface area contributed by atoms with Crippen molar-refractivity contribution in [3.05, 3.63) is 56.5 Å². The minimum Gasteiger partial charge on any atom is -0.224 e. The predicted octanol–water partition coefficient (Wildman–Crippen LogP) is 5.09. The molecular formula is C11H8Cl4N2. The summed E-state index contributed by atoms with van der Waals surface area (Å²) < 4.78 is 0. The first-order valence-corrected chi connectivity index (χ1v) is 6.06. The van der Waals surface area contributed by atoms with Crippen LogP contribution in [0, 0.1) is 6.92 Å². The molecule has 2 aromatic heterocycles. The second kappa shape index (κ2) is 7.02. The molecule has 0 fully saturated rings. The fourth-order valence-electron chi connectivity index (χ4n) is 0.967. The molecule has 0 N–H and O–H groups in total. The van der Waals surface area contributed by atoms with Crippen LogP contribution in [0.1, 0.15) is 5.56 Å². The number of nitrogens with zero attached hydrogens (tertiary/aromatic N) is 2. The number of aryl methyl sites for hydroxylation is 1. The van der Waals surface area contributed by atoms with Crippen molar-refractivity contribution in [3.63, 3.8) is 0 Å². The highest BCUT2D eigenvalue weighted by molar-refractivity contribution is 6.32. The number of rotatable bonds is 0. The van der Waals surface area contributed by atoms with Gasteiger partial charge in [-0.25, -0.2) is 9.97 Å². The van der Waals surface area contributed by atoms with Crippen molar-refractivity contribution >= 4 is 46.4 Å². The Morgan fingerprint density at radius 3 is 1.47 bits per heavy atom. The monoisotopic (exact) mass is 308 g/mol. The van der Waals surface area contributed by atoms with Gasteiger partial charge in [-0.2, -0.15) is 0 Å². The lowest BCUT2D eigenvalue weighted by atomic mass is 10.3. The summed E-state index contributed by atoms with van der Waals surface area (Å²) in [7, 11) is 0. The second-order valence-corrected chi connectivity index (χ2v) is 4.62. The summed E-state index contributed by atoms with van der Waals surface area (Å²) in [5, 5.41) is 1.75. The molecule has 17 heavy (non-hydrogen) atoms. The van der Waals surface area contributed by atoms with Gasteiger partial charge in [-0.15, -0.1) is 0 Å². The number of pyridine rings is 2. The van der Waals surface area contributed by atoms with Gasteiger partial charge in [-0.1, -0.05) is 52.5 Å². The van der Waals surface area contributed by atoms with Gasteiger partial charge >= 0.3 is 0 Å². The van der Waals surface area contributed by atoms with Gasteiger partial charge in [0.1, 0.15) is 20.6 Å². The Labute approximate surface area is 120 Å². The van der Waals surface area contributed by atoms with Crippen LogP contribution >= 0.6 is 46.4 Å². The van der Waals surface area contributed by atoms with Crippen LogP contribution in [-0.4, -0.2) is 9.97 Å². The SMILES string of the molecule is Cc1cc(Cl)nc(Cl)c1.Clc1cccc(Cl)n1. The molecular weight excluding hydrogens is 302 g/mol. The number of aromatic nitrogens is 2. The van der Waals surface area contributed by atoms with Crippen molar-refractivity contribution in [2.45, 2.75) is 6.92 Å². The highest BCUT2D eigenvalue weighted by Crippen LogP contribution is 2.12. The van der Waals surface area contributed by atoms with E-state index in [-0.39, 0.29) is 0 Å². The number of hydrogen-bond acceptors (Lipinski definition) is 2. The van der Waals surface area contributed by atoms with Gasteiger partial charge in [0.05, 0.1) is 0 Å². The molecule has 0 aromatic carbocycles. The molecule has 0 aliphatic carbocycles. The molecule has 0 spiro atoms. The van der Waals surface area contributed by atoms with Crippen molar-refractivity contribution in [1.82, 2.24) is 9.97 Å². The van der Waals surface area contributed by atoms with Crippen molar-refractivity contribution in [2.24, 2.45) is 0 Å². The van der Waals surface area contributed by atoms with Crippen LogP contribution in [0.3, 0.4) is 0 Å². The lowest BCUT2D eigenvalue weighted by Crippen LogP contribution is -1.77. The zero-order valence-corrected chi connectivity index (χ0v) is 11.8. The first kappa shape index (κ1) is 14.5. The Balaban J connectivity index is 0.000000171. The highest BCUT2D eigenvalue weighted by atomic mass is 35.5. The molecule has 2 rings (SSSR count). The van der Waals surface area contributed by atoms with E-state index < -0.39 is 0 Å². The van der Waals surface area contributed by atoms with E-state index in [0.29, 0.717) is 20.6 Å². The third-order valence-corrected chi connectivity index (χ3v) is 2.40. The van der Waals surface area contributed by atoms with Crippen molar-refractivity contribution in [3.8, 4) is 0 Å². The Morgan fingerprint density at radius 2 is 1.18 bits per heavy atom. The lowest BCUT2D eigenvalue weighted by Gasteiger charge is -1.92. The quantitative estimate of drug-likeness (QED) is 0.634. The summed E-state index contributed by atoms with van der Waals surface area (Å²) in [6.45, 7) is 1.92. The number of hydrogen-bond donors (Lipinski definition) is 0. The standard InChI is InChI=1S/C6H5Cl2N.C5H3Cl2N/c1-4-2-5(7)9-6(8)3-4;6-4-2-1-3-5(7)8-4/h2-3H,1H3;1-3H. The maximum Gasteiger partial charge on any atom is 0.131 e. The van der Waals surface area contributed by atoms with Gasteiger partial charge in [0.2, 0.25) is 0 Å². The van der Waals surface area contributed by atoms with Crippen molar-refractivity contribution in [1.29, 1.82) is 0 Å². The molecule has 0 saturated heterocycles. The van der Waals surface area contributed by atoms with E-state index in [2.05, 4.69) is 9.97 Å². The average Bonchev–Trinajstić information content (AvgIpc) is 2.15. The highest BCUT2D eigenvalue weighted by Gasteiger charge is 1.92. The zero-order chi connectivity index (χ0) is 12.8. The number of halogens is 4. The Morgan fingerprint density at radius 1 is 0.765 bits per heavy atom. The molecule has 0 saturated carbocycles. The molecule has 2 heterocycles. The zero-order valence-electron chi connectivity index (χ0n) is 8.79.